The van der Waals surface area contributed by atoms with Gasteiger partial charge in [-0.25, -0.2) is 9.97 Å². The van der Waals surface area contributed by atoms with Gasteiger partial charge in [-0.05, 0) is 12.5 Å². The molecule has 90 valence electrons. The van der Waals surface area contributed by atoms with Gasteiger partial charge >= 0.3 is 0 Å². The molecule has 0 bridgehead atoms. The molecular weight excluding hydrogens is 214 g/mol. The number of aryl methyl sites for hydroxylation is 2. The van der Waals surface area contributed by atoms with Gasteiger partial charge in [0.15, 0.2) is 0 Å². The van der Waals surface area contributed by atoms with Crippen molar-refractivity contribution in [1.29, 1.82) is 0 Å². The van der Waals surface area contributed by atoms with E-state index in [4.69, 9.17) is 0 Å². The van der Waals surface area contributed by atoms with Crippen LogP contribution in [0.25, 0.3) is 11.4 Å². The largest absolute Gasteiger partial charge is 0.373 e. The minimum Gasteiger partial charge on any atom is -0.373 e. The highest BCUT2D eigenvalue weighted by molar-refractivity contribution is 5.58. The summed E-state index contributed by atoms with van der Waals surface area (Å²) in [6.07, 6.45) is 3.83. The molecule has 0 aliphatic carbocycles. The molecule has 17 heavy (non-hydrogen) atoms. The number of hydrogen-bond donors (Lipinski definition) is 1. The third kappa shape index (κ3) is 2.61. The number of aromatic nitrogens is 4. The molecule has 2 aromatic rings. The van der Waals surface area contributed by atoms with Crippen LogP contribution in [0, 0.1) is 0 Å². The molecule has 5 nitrogen and oxygen atoms in total. The predicted octanol–water partition coefficient (Wildman–Crippen LogP) is 1.87. The Labute approximate surface area is 101 Å². The fraction of sp³-hybridized carbons (Fsp3) is 0.417. The van der Waals surface area contributed by atoms with E-state index in [2.05, 4.69) is 27.3 Å². The molecule has 2 rings (SSSR count). The number of nitrogens with zero attached hydrogens (tertiary/aromatic N) is 4. The standard InChI is InChI=1S/C12H17N5/c1-4-5-11-14-10(8-12(13-2)15-11)9-6-7-17(3)16-9/h6-8H,4-5H2,1-3H3,(H,13,14,15). The van der Waals surface area contributed by atoms with E-state index in [1.807, 2.05) is 32.4 Å². The Balaban J connectivity index is 2.42. The summed E-state index contributed by atoms with van der Waals surface area (Å²) in [6.45, 7) is 2.12. The first-order chi connectivity index (χ1) is 8.22. The lowest BCUT2D eigenvalue weighted by atomic mass is 10.2. The van der Waals surface area contributed by atoms with Crippen LogP contribution in [-0.2, 0) is 13.5 Å². The fourth-order valence-electron chi connectivity index (χ4n) is 1.64. The second kappa shape index (κ2) is 4.95. The van der Waals surface area contributed by atoms with Crippen LogP contribution in [0.15, 0.2) is 18.3 Å². The van der Waals surface area contributed by atoms with E-state index in [-0.39, 0.29) is 0 Å². The molecule has 2 aromatic heterocycles. The highest BCUT2D eigenvalue weighted by Gasteiger charge is 2.07. The van der Waals surface area contributed by atoms with Crippen LogP contribution in [0.3, 0.4) is 0 Å². The van der Waals surface area contributed by atoms with Gasteiger partial charge in [0.1, 0.15) is 17.3 Å². The highest BCUT2D eigenvalue weighted by Crippen LogP contribution is 2.18. The number of rotatable bonds is 4. The van der Waals surface area contributed by atoms with E-state index in [1.54, 1.807) is 4.68 Å². The van der Waals surface area contributed by atoms with Crippen LogP contribution in [0.4, 0.5) is 5.82 Å². The minimum absolute atomic E-state index is 0.837. The first kappa shape index (κ1) is 11.6. The van der Waals surface area contributed by atoms with Crippen molar-refractivity contribution in [3.8, 4) is 11.4 Å². The molecule has 0 aliphatic rings. The van der Waals surface area contributed by atoms with E-state index in [9.17, 15) is 0 Å². The van der Waals surface area contributed by atoms with Crippen molar-refractivity contribution in [2.75, 3.05) is 12.4 Å². The first-order valence-electron chi connectivity index (χ1n) is 5.78. The van der Waals surface area contributed by atoms with E-state index < -0.39 is 0 Å². The van der Waals surface area contributed by atoms with Crippen LogP contribution in [0.5, 0.6) is 0 Å². The van der Waals surface area contributed by atoms with Gasteiger partial charge in [0.2, 0.25) is 0 Å². The van der Waals surface area contributed by atoms with Crippen molar-refractivity contribution < 1.29 is 0 Å². The minimum atomic E-state index is 0.837. The summed E-state index contributed by atoms with van der Waals surface area (Å²) in [5.74, 6) is 1.70. The maximum absolute atomic E-state index is 4.53. The molecular formula is C12H17N5. The predicted molar refractivity (Wildman–Crippen MR) is 67.8 cm³/mol. The first-order valence-corrected chi connectivity index (χ1v) is 5.78. The summed E-state index contributed by atoms with van der Waals surface area (Å²) in [7, 11) is 3.76. The molecule has 0 saturated carbocycles. The van der Waals surface area contributed by atoms with Crippen LogP contribution >= 0.6 is 0 Å². The lowest BCUT2D eigenvalue weighted by molar-refractivity contribution is 0.768. The van der Waals surface area contributed by atoms with Crippen molar-refractivity contribution >= 4 is 5.82 Å². The highest BCUT2D eigenvalue weighted by atomic mass is 15.3. The fourth-order valence-corrected chi connectivity index (χ4v) is 1.64. The van der Waals surface area contributed by atoms with Crippen molar-refractivity contribution in [2.24, 2.45) is 7.05 Å². The molecule has 0 spiro atoms. The lowest BCUT2D eigenvalue weighted by Crippen LogP contribution is -2.02. The Morgan fingerprint density at radius 2 is 2.12 bits per heavy atom. The van der Waals surface area contributed by atoms with Gasteiger partial charge in [-0.3, -0.25) is 4.68 Å². The Hall–Kier alpha value is -1.91. The molecule has 5 heteroatoms. The monoisotopic (exact) mass is 231 g/mol. The average molecular weight is 231 g/mol. The van der Waals surface area contributed by atoms with E-state index >= 15 is 0 Å². The molecule has 0 amide bonds. The van der Waals surface area contributed by atoms with Gasteiger partial charge in [-0.2, -0.15) is 5.10 Å². The van der Waals surface area contributed by atoms with Gasteiger partial charge in [0.25, 0.3) is 0 Å². The third-order valence-electron chi connectivity index (χ3n) is 2.48. The Kier molecular flexibility index (Phi) is 3.37. The quantitative estimate of drug-likeness (QED) is 0.872. The van der Waals surface area contributed by atoms with Crippen LogP contribution in [-0.4, -0.2) is 26.8 Å². The maximum Gasteiger partial charge on any atom is 0.131 e. The molecule has 0 atom stereocenters. The molecule has 0 saturated heterocycles. The summed E-state index contributed by atoms with van der Waals surface area (Å²) in [6, 6.07) is 3.87. The Morgan fingerprint density at radius 1 is 1.29 bits per heavy atom. The maximum atomic E-state index is 4.53. The zero-order valence-corrected chi connectivity index (χ0v) is 10.4. The molecule has 0 unspecified atom stereocenters. The Bertz CT molecular complexity index is 503. The third-order valence-corrected chi connectivity index (χ3v) is 2.48. The summed E-state index contributed by atoms with van der Waals surface area (Å²) in [5, 5.41) is 7.41. The zero-order valence-electron chi connectivity index (χ0n) is 10.4. The van der Waals surface area contributed by atoms with Crippen molar-refractivity contribution in [2.45, 2.75) is 19.8 Å². The molecule has 0 aliphatic heterocycles. The average Bonchev–Trinajstić information content (AvgIpc) is 2.76. The second-order valence-electron chi connectivity index (χ2n) is 3.93. The van der Waals surface area contributed by atoms with Gasteiger partial charge in [0.05, 0.1) is 5.69 Å². The second-order valence-corrected chi connectivity index (χ2v) is 3.93. The molecule has 0 radical (unpaired) electrons. The number of anilines is 1. The van der Waals surface area contributed by atoms with Crippen molar-refractivity contribution in [3.05, 3.63) is 24.2 Å². The summed E-state index contributed by atoms with van der Waals surface area (Å²) in [5.41, 5.74) is 1.75. The smallest absolute Gasteiger partial charge is 0.131 e. The lowest BCUT2D eigenvalue weighted by Gasteiger charge is -2.05. The van der Waals surface area contributed by atoms with Crippen molar-refractivity contribution in [3.63, 3.8) is 0 Å². The summed E-state index contributed by atoms with van der Waals surface area (Å²) < 4.78 is 1.77. The van der Waals surface area contributed by atoms with Gasteiger partial charge in [-0.15, -0.1) is 0 Å². The summed E-state index contributed by atoms with van der Waals surface area (Å²) in [4.78, 5) is 8.94. The van der Waals surface area contributed by atoms with Crippen LogP contribution in [0.2, 0.25) is 0 Å². The normalized spacial score (nSPS) is 10.5. The summed E-state index contributed by atoms with van der Waals surface area (Å²) >= 11 is 0. The van der Waals surface area contributed by atoms with Gasteiger partial charge in [0, 0.05) is 32.8 Å². The Morgan fingerprint density at radius 3 is 2.71 bits per heavy atom. The molecule has 2 heterocycles. The molecule has 1 N–H and O–H groups in total. The van der Waals surface area contributed by atoms with E-state index in [0.29, 0.717) is 0 Å². The van der Waals surface area contributed by atoms with E-state index in [1.165, 1.54) is 0 Å². The van der Waals surface area contributed by atoms with Gasteiger partial charge in [-0.1, -0.05) is 6.92 Å². The van der Waals surface area contributed by atoms with Crippen molar-refractivity contribution in [1.82, 2.24) is 19.7 Å². The van der Waals surface area contributed by atoms with Crippen LogP contribution < -0.4 is 5.32 Å². The van der Waals surface area contributed by atoms with Gasteiger partial charge < -0.3 is 5.32 Å². The van der Waals surface area contributed by atoms with Crippen LogP contribution in [0.1, 0.15) is 19.2 Å². The van der Waals surface area contributed by atoms with E-state index in [0.717, 1.165) is 35.9 Å². The zero-order chi connectivity index (χ0) is 12.3. The number of hydrogen-bond acceptors (Lipinski definition) is 4. The topological polar surface area (TPSA) is 55.6 Å². The SMILES string of the molecule is CCCc1nc(NC)cc(-c2ccn(C)n2)n1. The molecule has 0 aromatic carbocycles. The number of nitrogens with one attached hydrogen (secondary N) is 1. The molecule has 0 fully saturated rings.